The average molecular weight is 452 g/mol. The molecule has 0 amide bonds. The van der Waals surface area contributed by atoms with Crippen LogP contribution in [0.25, 0.3) is 0 Å². The Kier molecular flexibility index (Phi) is 8.98. The van der Waals surface area contributed by atoms with Crippen molar-refractivity contribution in [3.05, 3.63) is 0 Å². The van der Waals surface area contributed by atoms with Crippen molar-refractivity contribution < 1.29 is 56.7 Å². The first-order chi connectivity index (χ1) is 13.8. The number of carbonyl (C=O) groups excluding carboxylic acids is 5. The second-order valence-electron chi connectivity index (χ2n) is 6.42. The van der Waals surface area contributed by atoms with Gasteiger partial charge in [-0.1, -0.05) is 0 Å². The highest BCUT2D eigenvalue weighted by Gasteiger charge is 2.64. The highest BCUT2D eigenvalue weighted by molar-refractivity contribution is 7.60. The molecule has 0 saturated carbocycles. The van der Waals surface area contributed by atoms with E-state index in [9.17, 15) is 28.5 Å². The van der Waals surface area contributed by atoms with Gasteiger partial charge in [-0.25, -0.2) is 0 Å². The minimum atomic E-state index is -4.20. The predicted molar refractivity (Wildman–Crippen MR) is 97.3 cm³/mol. The van der Waals surface area contributed by atoms with Crippen LogP contribution in [0.3, 0.4) is 0 Å². The third kappa shape index (κ3) is 6.27. The third-order valence-electron chi connectivity index (χ3n) is 4.06. The fourth-order valence-corrected chi connectivity index (χ4v) is 5.81. The van der Waals surface area contributed by atoms with Crippen LogP contribution >= 0.6 is 7.37 Å². The van der Waals surface area contributed by atoms with E-state index in [-0.39, 0.29) is 0 Å². The molecule has 0 bridgehead atoms. The van der Waals surface area contributed by atoms with Crippen LogP contribution in [0.5, 0.6) is 0 Å². The summed E-state index contributed by atoms with van der Waals surface area (Å²) in [6.45, 7) is 4.65. The molecule has 1 aliphatic rings. The fourth-order valence-electron chi connectivity index (χ4n) is 3.10. The van der Waals surface area contributed by atoms with E-state index >= 15 is 0 Å². The Hall–Kier alpha value is -2.46. The Morgan fingerprint density at radius 2 is 1.10 bits per heavy atom. The van der Waals surface area contributed by atoms with Crippen molar-refractivity contribution in [3.8, 4) is 0 Å². The molecule has 170 valence electrons. The van der Waals surface area contributed by atoms with Crippen molar-refractivity contribution in [2.45, 2.75) is 64.4 Å². The van der Waals surface area contributed by atoms with Crippen LogP contribution in [0.4, 0.5) is 0 Å². The molecule has 0 aliphatic carbocycles. The smallest absolute Gasteiger partial charge is 0.303 e. The molecule has 1 fully saturated rings. The molecule has 0 radical (unpaired) electrons. The van der Waals surface area contributed by atoms with Crippen molar-refractivity contribution >= 4 is 37.2 Å². The van der Waals surface area contributed by atoms with Gasteiger partial charge in [-0.2, -0.15) is 0 Å². The third-order valence-corrected chi connectivity index (χ3v) is 7.11. The summed E-state index contributed by atoms with van der Waals surface area (Å²) in [5.74, 6) is -5.93. The standard InChI is InChI=1S/C17H25O12P/c1-8(18)25-7-13-14(26-9(2)19)15(27-10(3)20)16(28-11(4)21)17(29-12(5)22)30(13,23)24-6/h13-17H,7H2,1-6H3/t13-,14-,15+,16+,17-,30?/m1/s1. The van der Waals surface area contributed by atoms with E-state index < -0.39 is 73.6 Å². The lowest BCUT2D eigenvalue weighted by atomic mass is 10.0. The first-order valence-corrected chi connectivity index (χ1v) is 10.6. The number of hydrogen-bond donors (Lipinski definition) is 0. The molecule has 12 nitrogen and oxygen atoms in total. The molecule has 0 aromatic rings. The summed E-state index contributed by atoms with van der Waals surface area (Å²) in [5, 5.41) is 0. The molecular weight excluding hydrogens is 427 g/mol. The summed E-state index contributed by atoms with van der Waals surface area (Å²) in [5.41, 5.74) is -1.39. The lowest BCUT2D eigenvalue weighted by Gasteiger charge is -2.47. The summed E-state index contributed by atoms with van der Waals surface area (Å²) < 4.78 is 44.7. The predicted octanol–water partition coefficient (Wildman–Crippen LogP) is 0.540. The molecule has 0 N–H and O–H groups in total. The summed E-state index contributed by atoms with van der Waals surface area (Å²) in [4.78, 5) is 58.2. The maximum atomic E-state index is 13.8. The molecule has 1 saturated heterocycles. The van der Waals surface area contributed by atoms with Gasteiger partial charge < -0.3 is 28.2 Å². The van der Waals surface area contributed by atoms with Gasteiger partial charge in [0.15, 0.2) is 18.3 Å². The molecule has 6 atom stereocenters. The number of esters is 5. The van der Waals surface area contributed by atoms with E-state index in [2.05, 4.69) is 0 Å². The van der Waals surface area contributed by atoms with Crippen molar-refractivity contribution in [1.29, 1.82) is 0 Å². The maximum Gasteiger partial charge on any atom is 0.303 e. The van der Waals surface area contributed by atoms with Gasteiger partial charge in [-0.15, -0.1) is 0 Å². The normalized spacial score (nSPS) is 30.5. The van der Waals surface area contributed by atoms with Crippen LogP contribution in [0.2, 0.25) is 0 Å². The van der Waals surface area contributed by atoms with E-state index in [0.29, 0.717) is 0 Å². The minimum Gasteiger partial charge on any atom is -0.465 e. The van der Waals surface area contributed by atoms with E-state index in [1.807, 2.05) is 0 Å². The SMILES string of the molecule is COP1(=O)[C@H](COC(C)=O)[C@@H](OC(C)=O)[C@H](OC(C)=O)[C@H](OC(C)=O)[C@@H]1OC(C)=O. The number of ether oxygens (including phenoxy) is 5. The van der Waals surface area contributed by atoms with E-state index in [1.54, 1.807) is 0 Å². The Bertz CT molecular complexity index is 747. The quantitative estimate of drug-likeness (QED) is 0.300. The lowest BCUT2D eigenvalue weighted by molar-refractivity contribution is -0.198. The summed E-state index contributed by atoms with van der Waals surface area (Å²) in [6, 6.07) is 0. The van der Waals surface area contributed by atoms with Gasteiger partial charge in [0.25, 0.3) is 7.37 Å². The van der Waals surface area contributed by atoms with Crippen molar-refractivity contribution in [2.75, 3.05) is 13.7 Å². The van der Waals surface area contributed by atoms with Gasteiger partial charge >= 0.3 is 29.8 Å². The summed E-state index contributed by atoms with van der Waals surface area (Å²) >= 11 is 0. The second kappa shape index (κ2) is 10.5. The zero-order chi connectivity index (χ0) is 23.2. The van der Waals surface area contributed by atoms with Gasteiger partial charge in [0.1, 0.15) is 12.3 Å². The largest absolute Gasteiger partial charge is 0.465 e. The van der Waals surface area contributed by atoms with Gasteiger partial charge in [-0.05, 0) is 0 Å². The Morgan fingerprint density at radius 1 is 0.667 bits per heavy atom. The van der Waals surface area contributed by atoms with Crippen molar-refractivity contribution in [2.24, 2.45) is 0 Å². The molecular formula is C17H25O12P. The Labute approximate surface area is 172 Å². The van der Waals surface area contributed by atoms with Crippen molar-refractivity contribution in [3.63, 3.8) is 0 Å². The molecule has 13 heteroatoms. The van der Waals surface area contributed by atoms with Crippen LogP contribution in [-0.4, -0.2) is 73.4 Å². The fraction of sp³-hybridized carbons (Fsp3) is 0.706. The van der Waals surface area contributed by atoms with Crippen LogP contribution in [0.15, 0.2) is 0 Å². The summed E-state index contributed by atoms with van der Waals surface area (Å²) in [7, 11) is -3.15. The molecule has 1 aliphatic heterocycles. The zero-order valence-electron chi connectivity index (χ0n) is 17.4. The highest BCUT2D eigenvalue weighted by atomic mass is 31.2. The van der Waals surface area contributed by atoms with Gasteiger partial charge in [-0.3, -0.25) is 28.5 Å². The molecule has 1 heterocycles. The highest BCUT2D eigenvalue weighted by Crippen LogP contribution is 2.63. The van der Waals surface area contributed by atoms with E-state index in [1.165, 1.54) is 0 Å². The van der Waals surface area contributed by atoms with Crippen LogP contribution in [-0.2, 0) is 56.7 Å². The maximum absolute atomic E-state index is 13.8. The zero-order valence-corrected chi connectivity index (χ0v) is 18.3. The Balaban J connectivity index is 3.69. The topological polar surface area (TPSA) is 158 Å². The molecule has 0 spiro atoms. The molecule has 1 unspecified atom stereocenters. The van der Waals surface area contributed by atoms with Crippen molar-refractivity contribution in [1.82, 2.24) is 0 Å². The van der Waals surface area contributed by atoms with E-state index in [0.717, 1.165) is 41.7 Å². The molecule has 0 aromatic heterocycles. The first kappa shape index (κ1) is 25.6. The van der Waals surface area contributed by atoms with Gasteiger partial charge in [0.05, 0.1) is 0 Å². The first-order valence-electron chi connectivity index (χ1n) is 8.80. The average Bonchev–Trinajstić information content (AvgIpc) is 2.59. The summed E-state index contributed by atoms with van der Waals surface area (Å²) in [6.07, 6.45) is -4.66. The molecule has 0 aromatic carbocycles. The Morgan fingerprint density at radius 3 is 1.50 bits per heavy atom. The van der Waals surface area contributed by atoms with Gasteiger partial charge in [0, 0.05) is 41.7 Å². The minimum absolute atomic E-state index is 0.583. The molecule has 30 heavy (non-hydrogen) atoms. The number of rotatable bonds is 7. The lowest BCUT2D eigenvalue weighted by Crippen LogP contribution is -2.61. The second-order valence-corrected chi connectivity index (χ2v) is 9.25. The monoisotopic (exact) mass is 452 g/mol. The van der Waals surface area contributed by atoms with Crippen LogP contribution < -0.4 is 0 Å². The van der Waals surface area contributed by atoms with E-state index in [4.69, 9.17) is 28.2 Å². The van der Waals surface area contributed by atoms with Crippen LogP contribution in [0.1, 0.15) is 34.6 Å². The number of carbonyl (C=O) groups is 5. The van der Waals surface area contributed by atoms with Gasteiger partial charge in [0.2, 0.25) is 5.85 Å². The number of hydrogen-bond acceptors (Lipinski definition) is 12. The van der Waals surface area contributed by atoms with Crippen LogP contribution in [0, 0.1) is 0 Å². The molecule has 1 rings (SSSR count).